The van der Waals surface area contributed by atoms with Crippen molar-refractivity contribution in [1.29, 1.82) is 5.26 Å². The zero-order valence-electron chi connectivity index (χ0n) is 16.4. The molecule has 2 fully saturated rings. The lowest BCUT2D eigenvalue weighted by molar-refractivity contribution is 0.304. The van der Waals surface area contributed by atoms with Gasteiger partial charge in [-0.1, -0.05) is 36.6 Å². The van der Waals surface area contributed by atoms with Crippen molar-refractivity contribution in [2.45, 2.75) is 57.5 Å². The van der Waals surface area contributed by atoms with Crippen molar-refractivity contribution in [3.63, 3.8) is 0 Å². The molecule has 1 atom stereocenters. The van der Waals surface area contributed by atoms with Gasteiger partial charge in [-0.2, -0.15) is 5.26 Å². The van der Waals surface area contributed by atoms with E-state index in [2.05, 4.69) is 40.7 Å². The number of hydrogen-bond acceptors (Lipinski definition) is 2. The molecule has 1 aromatic heterocycles. The fourth-order valence-electron chi connectivity index (χ4n) is 5.15. The zero-order valence-corrected chi connectivity index (χ0v) is 17.1. The molecule has 0 spiro atoms. The van der Waals surface area contributed by atoms with Crippen molar-refractivity contribution in [3.05, 3.63) is 52.7 Å². The van der Waals surface area contributed by atoms with Crippen LogP contribution in [0.25, 0.3) is 16.6 Å². The Balaban J connectivity index is 1.75. The molecule has 2 saturated carbocycles. The first kappa shape index (κ1) is 17.9. The van der Waals surface area contributed by atoms with Gasteiger partial charge in [0.2, 0.25) is 0 Å². The molecule has 0 N–H and O–H groups in total. The summed E-state index contributed by atoms with van der Waals surface area (Å²) in [6, 6.07) is 9.48. The lowest BCUT2D eigenvalue weighted by Crippen LogP contribution is -2.35. The largest absolute Gasteiger partial charge is 0.363 e. The third-order valence-electron chi connectivity index (χ3n) is 6.81. The van der Waals surface area contributed by atoms with Gasteiger partial charge in [0.05, 0.1) is 22.5 Å². The van der Waals surface area contributed by atoms with Gasteiger partial charge in [0, 0.05) is 29.0 Å². The molecule has 2 aromatic rings. The minimum atomic E-state index is 0.447. The monoisotopic (exact) mass is 391 g/mol. The second kappa shape index (κ2) is 7.01. The molecule has 144 valence electrons. The van der Waals surface area contributed by atoms with Gasteiger partial charge in [-0.25, -0.2) is 0 Å². The summed E-state index contributed by atoms with van der Waals surface area (Å²) in [5, 5.41) is 11.9. The van der Waals surface area contributed by atoms with Gasteiger partial charge in [0.25, 0.3) is 0 Å². The Morgan fingerprint density at radius 3 is 2.68 bits per heavy atom. The van der Waals surface area contributed by atoms with E-state index in [1.165, 1.54) is 44.2 Å². The van der Waals surface area contributed by atoms with E-state index in [1.807, 2.05) is 18.2 Å². The highest BCUT2D eigenvalue weighted by molar-refractivity contribution is 6.31. The summed E-state index contributed by atoms with van der Waals surface area (Å²) in [6.45, 7) is 3.26. The minimum absolute atomic E-state index is 0.447. The predicted octanol–water partition coefficient (Wildman–Crippen LogP) is 6.29. The number of nitriles is 1. The molecule has 0 bridgehead atoms. The van der Waals surface area contributed by atoms with Gasteiger partial charge < -0.3 is 9.47 Å². The first-order chi connectivity index (χ1) is 13.7. The van der Waals surface area contributed by atoms with E-state index in [9.17, 15) is 5.26 Å². The average Bonchev–Trinajstić information content (AvgIpc) is 3.33. The van der Waals surface area contributed by atoms with Crippen molar-refractivity contribution < 1.29 is 0 Å². The number of hydrogen-bond donors (Lipinski definition) is 0. The van der Waals surface area contributed by atoms with Crippen LogP contribution in [0.15, 0.2) is 36.4 Å². The van der Waals surface area contributed by atoms with E-state index in [0.29, 0.717) is 12.1 Å². The summed E-state index contributed by atoms with van der Waals surface area (Å²) in [5.41, 5.74) is 4.22. The van der Waals surface area contributed by atoms with Crippen LogP contribution in [0.4, 0.5) is 0 Å². The Morgan fingerprint density at radius 2 is 1.96 bits per heavy atom. The number of aromatic nitrogens is 1. The third kappa shape index (κ3) is 2.86. The average molecular weight is 392 g/mol. The van der Waals surface area contributed by atoms with Gasteiger partial charge in [0.15, 0.2) is 0 Å². The van der Waals surface area contributed by atoms with Crippen LogP contribution < -0.4 is 0 Å². The highest BCUT2D eigenvalue weighted by Gasteiger charge is 2.36. The maximum absolute atomic E-state index is 10.2. The van der Waals surface area contributed by atoms with Crippen molar-refractivity contribution in [2.24, 2.45) is 5.92 Å². The number of benzene rings is 1. The summed E-state index contributed by atoms with van der Waals surface area (Å²) in [4.78, 5) is 2.51. The van der Waals surface area contributed by atoms with Crippen molar-refractivity contribution in [2.75, 3.05) is 6.54 Å². The van der Waals surface area contributed by atoms with E-state index in [0.717, 1.165) is 39.6 Å². The third-order valence-corrected chi connectivity index (χ3v) is 7.04. The Morgan fingerprint density at radius 1 is 1.18 bits per heavy atom. The second-order valence-electron chi connectivity index (χ2n) is 8.52. The first-order valence-electron chi connectivity index (χ1n) is 10.6. The van der Waals surface area contributed by atoms with Crippen LogP contribution in [-0.2, 0) is 0 Å². The molecule has 5 rings (SSSR count). The molecule has 4 heteroatoms. The van der Waals surface area contributed by atoms with Crippen LogP contribution in [0.1, 0.15) is 62.7 Å². The van der Waals surface area contributed by atoms with Crippen molar-refractivity contribution in [1.82, 2.24) is 9.47 Å². The highest BCUT2D eigenvalue weighted by Crippen LogP contribution is 2.44. The summed E-state index contributed by atoms with van der Waals surface area (Å²) < 4.78 is 2.45. The fourth-order valence-corrected chi connectivity index (χ4v) is 5.32. The molecule has 0 amide bonds. The normalized spacial score (nSPS) is 21.2. The van der Waals surface area contributed by atoms with Crippen LogP contribution >= 0.6 is 11.6 Å². The summed E-state index contributed by atoms with van der Waals surface area (Å²) in [5.74, 6) is 0.777. The Hall–Kier alpha value is -2.18. The molecular weight excluding hydrogens is 366 g/mol. The zero-order chi connectivity index (χ0) is 19.3. The Bertz CT molecular complexity index is 1010. The Kier molecular flexibility index (Phi) is 4.48. The number of nitrogens with zero attached hydrogens (tertiary/aromatic N) is 3. The molecule has 0 saturated heterocycles. The topological polar surface area (TPSA) is 32.0 Å². The van der Waals surface area contributed by atoms with Crippen LogP contribution in [0, 0.1) is 17.2 Å². The number of halogens is 1. The summed E-state index contributed by atoms with van der Waals surface area (Å²) >= 11 is 6.38. The molecule has 3 nitrogen and oxygen atoms in total. The molecule has 0 unspecified atom stereocenters. The van der Waals surface area contributed by atoms with E-state index >= 15 is 0 Å². The molecule has 3 aliphatic rings. The summed E-state index contributed by atoms with van der Waals surface area (Å²) in [7, 11) is 0. The summed E-state index contributed by atoms with van der Waals surface area (Å²) in [6.07, 6.45) is 14.1. The molecule has 1 aromatic carbocycles. The van der Waals surface area contributed by atoms with Gasteiger partial charge >= 0.3 is 0 Å². The maximum Gasteiger partial charge on any atom is 0.102 e. The van der Waals surface area contributed by atoms with E-state index in [4.69, 9.17) is 11.6 Å². The number of allylic oxidation sites excluding steroid dienone is 2. The highest BCUT2D eigenvalue weighted by atomic mass is 35.5. The first-order valence-corrected chi connectivity index (χ1v) is 10.9. The van der Waals surface area contributed by atoms with Gasteiger partial charge in [-0.05, 0) is 62.8 Å². The van der Waals surface area contributed by atoms with Gasteiger partial charge in [-0.3, -0.25) is 0 Å². The van der Waals surface area contributed by atoms with Crippen LogP contribution in [0.2, 0.25) is 5.02 Å². The van der Waals surface area contributed by atoms with Crippen LogP contribution in [-0.4, -0.2) is 22.1 Å². The van der Waals surface area contributed by atoms with Gasteiger partial charge in [0.1, 0.15) is 6.07 Å². The van der Waals surface area contributed by atoms with E-state index in [1.54, 1.807) is 0 Å². The second-order valence-corrected chi connectivity index (χ2v) is 8.95. The van der Waals surface area contributed by atoms with Gasteiger partial charge in [-0.15, -0.1) is 0 Å². The van der Waals surface area contributed by atoms with Crippen molar-refractivity contribution in [3.8, 4) is 6.07 Å². The minimum Gasteiger partial charge on any atom is -0.363 e. The SMILES string of the molecule is C[C@@H](C1CC1)N1CC=CC=C1c1c(C#N)c2ccc(Cl)cc2n1C1CCCC1. The maximum atomic E-state index is 10.2. The van der Waals surface area contributed by atoms with Crippen LogP contribution in [0.3, 0.4) is 0 Å². The number of rotatable bonds is 4. The standard InChI is InChI=1S/C24H26ClN3/c1-16(17-9-10-17)27-13-5-4-8-22(27)24-21(15-26)20-12-11-18(25)14-23(20)28(24)19-6-2-3-7-19/h4-5,8,11-12,14,16-17,19H,2-3,6-7,9-10,13H2,1H3/t16-/m0/s1. The molecular formula is C24H26ClN3. The number of fused-ring (bicyclic) bond motifs is 1. The lowest BCUT2D eigenvalue weighted by atomic mass is 10.0. The smallest absolute Gasteiger partial charge is 0.102 e. The van der Waals surface area contributed by atoms with E-state index < -0.39 is 0 Å². The molecule has 1 aliphatic heterocycles. The Labute approximate surface area is 171 Å². The molecule has 2 heterocycles. The quantitative estimate of drug-likeness (QED) is 0.613. The van der Waals surface area contributed by atoms with Crippen LogP contribution in [0.5, 0.6) is 0 Å². The molecule has 28 heavy (non-hydrogen) atoms. The van der Waals surface area contributed by atoms with Crippen molar-refractivity contribution >= 4 is 28.2 Å². The molecule has 0 radical (unpaired) electrons. The fraction of sp³-hybridized carbons (Fsp3) is 0.458. The van der Waals surface area contributed by atoms with E-state index in [-0.39, 0.29) is 0 Å². The predicted molar refractivity (Wildman–Crippen MR) is 115 cm³/mol. The molecule has 2 aliphatic carbocycles. The lowest BCUT2D eigenvalue weighted by Gasteiger charge is -2.35.